The minimum Gasteiger partial charge on any atom is -0.478 e. The number of hydrogen-bond donors (Lipinski definition) is 1. The number of carbonyl (C=O) groups is 1. The lowest BCUT2D eigenvalue weighted by Crippen LogP contribution is -2.09. The van der Waals surface area contributed by atoms with Crippen LogP contribution in [0.5, 0.6) is 0 Å². The summed E-state index contributed by atoms with van der Waals surface area (Å²) in [6.45, 7) is 4.06. The van der Waals surface area contributed by atoms with Gasteiger partial charge in [0.05, 0.1) is 11.7 Å². The third kappa shape index (κ3) is 2.32. The van der Waals surface area contributed by atoms with E-state index in [4.69, 9.17) is 11.6 Å². The molecule has 1 N–H and O–H groups in total. The zero-order chi connectivity index (χ0) is 12.6. The number of aromatic carboxylic acids is 1. The van der Waals surface area contributed by atoms with E-state index in [0.29, 0.717) is 18.0 Å². The first-order valence-electron chi connectivity index (χ1n) is 6.06. The highest BCUT2D eigenvalue weighted by atomic mass is 35.5. The lowest BCUT2D eigenvalue weighted by Gasteiger charge is -2.11. The van der Waals surface area contributed by atoms with Crippen molar-refractivity contribution in [2.45, 2.75) is 45.6 Å². The topological polar surface area (TPSA) is 55.1 Å². The van der Waals surface area contributed by atoms with Crippen LogP contribution < -0.4 is 0 Å². The Kier molecular flexibility index (Phi) is 3.43. The summed E-state index contributed by atoms with van der Waals surface area (Å²) in [7, 11) is 0. The number of carboxylic acids is 1. The highest BCUT2D eigenvalue weighted by Gasteiger charge is 2.33. The van der Waals surface area contributed by atoms with Gasteiger partial charge < -0.3 is 5.11 Å². The van der Waals surface area contributed by atoms with Crippen LogP contribution in [0.15, 0.2) is 0 Å². The monoisotopic (exact) mass is 256 g/mol. The van der Waals surface area contributed by atoms with E-state index < -0.39 is 5.97 Å². The normalized spacial score (nSPS) is 17.1. The Labute approximate surface area is 106 Å². The highest BCUT2D eigenvalue weighted by molar-refractivity contribution is 6.32. The largest absolute Gasteiger partial charge is 0.478 e. The second kappa shape index (κ2) is 4.69. The molecule has 0 bridgehead atoms. The molecule has 1 saturated carbocycles. The van der Waals surface area contributed by atoms with Crippen molar-refractivity contribution in [1.82, 2.24) is 9.78 Å². The quantitative estimate of drug-likeness (QED) is 0.880. The molecule has 1 fully saturated rings. The second-order valence-corrected chi connectivity index (χ2v) is 5.05. The van der Waals surface area contributed by atoms with Gasteiger partial charge in [-0.1, -0.05) is 24.9 Å². The van der Waals surface area contributed by atoms with Gasteiger partial charge in [0.2, 0.25) is 0 Å². The zero-order valence-corrected chi connectivity index (χ0v) is 10.9. The molecule has 0 amide bonds. The summed E-state index contributed by atoms with van der Waals surface area (Å²) in [4.78, 5) is 11.2. The van der Waals surface area contributed by atoms with Crippen molar-refractivity contribution in [3.8, 4) is 0 Å². The van der Waals surface area contributed by atoms with Crippen LogP contribution in [-0.4, -0.2) is 20.9 Å². The first-order chi connectivity index (χ1) is 8.06. The summed E-state index contributed by atoms with van der Waals surface area (Å²) in [5, 5.41) is 13.8. The maximum Gasteiger partial charge on any atom is 0.340 e. The molecule has 4 nitrogen and oxygen atoms in total. The van der Waals surface area contributed by atoms with Crippen LogP contribution in [0.3, 0.4) is 0 Å². The minimum absolute atomic E-state index is 0.181. The fraction of sp³-hybridized carbons (Fsp3) is 0.667. The molecule has 0 aromatic carbocycles. The van der Waals surface area contributed by atoms with Gasteiger partial charge >= 0.3 is 5.97 Å². The van der Waals surface area contributed by atoms with E-state index in [-0.39, 0.29) is 16.8 Å². The number of carboxylic acid groups (broad SMARTS) is 1. The standard InChI is InChI=1S/C12H17ClN2O2/c1-3-4-9-10(12(16)17)11(13)15(14-9)7(2)8-5-6-8/h7-8H,3-6H2,1-2H3,(H,16,17). The lowest BCUT2D eigenvalue weighted by molar-refractivity contribution is 0.0696. The van der Waals surface area contributed by atoms with Crippen molar-refractivity contribution >= 4 is 17.6 Å². The van der Waals surface area contributed by atoms with Crippen molar-refractivity contribution in [1.29, 1.82) is 0 Å². The predicted octanol–water partition coefficient (Wildman–Crippen LogP) is 3.16. The molecule has 1 heterocycles. The van der Waals surface area contributed by atoms with Crippen LogP contribution in [0.2, 0.25) is 5.15 Å². The third-order valence-electron chi connectivity index (χ3n) is 3.32. The maximum atomic E-state index is 11.2. The molecule has 1 atom stereocenters. The summed E-state index contributed by atoms with van der Waals surface area (Å²) >= 11 is 6.15. The van der Waals surface area contributed by atoms with E-state index >= 15 is 0 Å². The van der Waals surface area contributed by atoms with E-state index in [0.717, 1.165) is 6.42 Å². The van der Waals surface area contributed by atoms with Gasteiger partial charge in [-0.25, -0.2) is 9.48 Å². The second-order valence-electron chi connectivity index (χ2n) is 4.69. The van der Waals surface area contributed by atoms with Gasteiger partial charge in [0.25, 0.3) is 0 Å². The van der Waals surface area contributed by atoms with Crippen LogP contribution in [0.1, 0.15) is 55.2 Å². The molecule has 0 saturated heterocycles. The first kappa shape index (κ1) is 12.4. The average Bonchev–Trinajstić information content (AvgIpc) is 3.03. The number of halogens is 1. The van der Waals surface area contributed by atoms with Crippen molar-refractivity contribution < 1.29 is 9.90 Å². The van der Waals surface area contributed by atoms with Gasteiger partial charge in [-0.15, -0.1) is 0 Å². The van der Waals surface area contributed by atoms with Crippen molar-refractivity contribution in [2.24, 2.45) is 5.92 Å². The Morgan fingerprint density at radius 3 is 2.76 bits per heavy atom. The molecular formula is C12H17ClN2O2. The van der Waals surface area contributed by atoms with E-state index in [1.807, 2.05) is 6.92 Å². The van der Waals surface area contributed by atoms with E-state index in [9.17, 15) is 9.90 Å². The molecule has 17 heavy (non-hydrogen) atoms. The number of nitrogens with zero attached hydrogens (tertiary/aromatic N) is 2. The van der Waals surface area contributed by atoms with Crippen LogP contribution >= 0.6 is 11.6 Å². The van der Waals surface area contributed by atoms with E-state index in [1.165, 1.54) is 12.8 Å². The van der Waals surface area contributed by atoms with Gasteiger partial charge in [0.15, 0.2) is 0 Å². The van der Waals surface area contributed by atoms with Crippen molar-refractivity contribution in [2.75, 3.05) is 0 Å². The molecule has 0 aliphatic heterocycles. The van der Waals surface area contributed by atoms with Crippen LogP contribution in [0.25, 0.3) is 0 Å². The average molecular weight is 257 g/mol. The van der Waals surface area contributed by atoms with Crippen molar-refractivity contribution in [3.63, 3.8) is 0 Å². The molecule has 5 heteroatoms. The van der Waals surface area contributed by atoms with Gasteiger partial charge in [0.1, 0.15) is 10.7 Å². The summed E-state index contributed by atoms with van der Waals surface area (Å²) < 4.78 is 1.69. The maximum absolute atomic E-state index is 11.2. The minimum atomic E-state index is -0.979. The van der Waals surface area contributed by atoms with Crippen molar-refractivity contribution in [3.05, 3.63) is 16.4 Å². The van der Waals surface area contributed by atoms with Crippen LogP contribution in [-0.2, 0) is 6.42 Å². The third-order valence-corrected chi connectivity index (χ3v) is 3.68. The molecule has 1 aliphatic rings. The predicted molar refractivity (Wildman–Crippen MR) is 65.6 cm³/mol. The molecule has 0 radical (unpaired) electrons. The summed E-state index contributed by atoms with van der Waals surface area (Å²) in [5.41, 5.74) is 0.790. The fourth-order valence-electron chi connectivity index (χ4n) is 2.13. The van der Waals surface area contributed by atoms with E-state index in [1.54, 1.807) is 4.68 Å². The molecule has 2 rings (SSSR count). The SMILES string of the molecule is CCCc1nn(C(C)C2CC2)c(Cl)c1C(=O)O. The Bertz CT molecular complexity index is 438. The molecule has 1 aromatic rings. The smallest absolute Gasteiger partial charge is 0.340 e. The van der Waals surface area contributed by atoms with Crippen LogP contribution in [0.4, 0.5) is 0 Å². The molecular weight excluding hydrogens is 240 g/mol. The lowest BCUT2D eigenvalue weighted by atomic mass is 10.1. The zero-order valence-electron chi connectivity index (χ0n) is 10.1. The number of aryl methyl sites for hydroxylation is 1. The Morgan fingerprint density at radius 2 is 2.29 bits per heavy atom. The van der Waals surface area contributed by atoms with Gasteiger partial charge in [-0.2, -0.15) is 5.10 Å². The molecule has 0 spiro atoms. The summed E-state index contributed by atoms with van der Waals surface area (Å²) in [6, 6.07) is 0.200. The Hall–Kier alpha value is -1.03. The molecule has 1 aromatic heterocycles. The molecule has 94 valence electrons. The first-order valence-corrected chi connectivity index (χ1v) is 6.44. The van der Waals surface area contributed by atoms with Gasteiger partial charge in [-0.3, -0.25) is 0 Å². The summed E-state index contributed by atoms with van der Waals surface area (Å²) in [6.07, 6.45) is 3.89. The van der Waals surface area contributed by atoms with Crippen LogP contribution in [0, 0.1) is 5.92 Å². The fourth-order valence-corrected chi connectivity index (χ4v) is 2.51. The molecule has 1 unspecified atom stereocenters. The Balaban J connectivity index is 2.39. The number of hydrogen-bond acceptors (Lipinski definition) is 2. The Morgan fingerprint density at radius 1 is 1.65 bits per heavy atom. The number of aromatic nitrogens is 2. The van der Waals surface area contributed by atoms with Gasteiger partial charge in [-0.05, 0) is 32.1 Å². The van der Waals surface area contributed by atoms with E-state index in [2.05, 4.69) is 12.0 Å². The highest BCUT2D eigenvalue weighted by Crippen LogP contribution is 2.41. The summed E-state index contributed by atoms with van der Waals surface area (Å²) in [5.74, 6) is -0.379. The van der Waals surface area contributed by atoms with Gasteiger partial charge in [0, 0.05) is 0 Å². The molecule has 1 aliphatic carbocycles. The number of rotatable bonds is 5.